The molecule has 5 heterocycles. The van der Waals surface area contributed by atoms with Gasteiger partial charge in [-0.1, -0.05) is 133 Å². The van der Waals surface area contributed by atoms with Gasteiger partial charge >= 0.3 is 0 Å². The SMILES string of the molecule is N#Cc1cccc(-n2c3ccccc3c3ccc4c5ccccc5n(-c5nccc6cnc(-c7cccc(-c8nc(-c9ccccc9)nc(-c9ccccc9)n8)c7)nc56)c4c32)c1. The van der Waals surface area contributed by atoms with E-state index >= 15 is 0 Å². The fraction of sp³-hybridized carbons (Fsp3) is 0. The number of hydrogen-bond donors (Lipinski definition) is 0. The zero-order chi connectivity index (χ0) is 41.1. The maximum atomic E-state index is 9.94. The highest BCUT2D eigenvalue weighted by Gasteiger charge is 2.23. The van der Waals surface area contributed by atoms with Gasteiger partial charge in [0.2, 0.25) is 0 Å². The summed E-state index contributed by atoms with van der Waals surface area (Å²) in [5, 5.41) is 15.2. The molecule has 0 fully saturated rings. The van der Waals surface area contributed by atoms with Crippen LogP contribution in [0.15, 0.2) is 188 Å². The highest BCUT2D eigenvalue weighted by atomic mass is 15.1. The van der Waals surface area contributed by atoms with Crippen LogP contribution in [-0.2, 0) is 0 Å². The Morgan fingerprint density at radius 3 is 1.63 bits per heavy atom. The van der Waals surface area contributed by atoms with Crippen LogP contribution in [0.4, 0.5) is 0 Å². The maximum absolute atomic E-state index is 9.94. The number of rotatable bonds is 6. The molecule has 62 heavy (non-hydrogen) atoms. The fourth-order valence-electron chi connectivity index (χ4n) is 8.68. The minimum Gasteiger partial charge on any atom is -0.307 e. The van der Waals surface area contributed by atoms with Crippen molar-refractivity contribution < 1.29 is 0 Å². The molecule has 7 aromatic carbocycles. The Morgan fingerprint density at radius 1 is 0.419 bits per heavy atom. The van der Waals surface area contributed by atoms with Crippen molar-refractivity contribution in [3.63, 3.8) is 0 Å². The second kappa shape index (κ2) is 14.2. The van der Waals surface area contributed by atoms with Crippen molar-refractivity contribution in [3.8, 4) is 63.1 Å². The van der Waals surface area contributed by atoms with Gasteiger partial charge in [0.15, 0.2) is 29.1 Å². The average Bonchev–Trinajstić information content (AvgIpc) is 3.87. The van der Waals surface area contributed by atoms with Gasteiger partial charge in [0.05, 0.1) is 33.7 Å². The van der Waals surface area contributed by atoms with Crippen molar-refractivity contribution in [2.45, 2.75) is 0 Å². The number of nitrogens with zero attached hydrogens (tertiary/aromatic N) is 9. The van der Waals surface area contributed by atoms with Crippen LogP contribution in [0, 0.1) is 11.3 Å². The van der Waals surface area contributed by atoms with Crippen molar-refractivity contribution in [2.24, 2.45) is 0 Å². The quantitative estimate of drug-likeness (QED) is 0.165. The predicted molar refractivity (Wildman–Crippen MR) is 246 cm³/mol. The molecular formula is C53H31N9. The molecule has 0 spiro atoms. The molecule has 0 unspecified atom stereocenters. The van der Waals surface area contributed by atoms with Crippen LogP contribution >= 0.6 is 0 Å². The third kappa shape index (κ3) is 5.63. The van der Waals surface area contributed by atoms with Crippen LogP contribution in [0.2, 0.25) is 0 Å². The number of fused-ring (bicyclic) bond motifs is 8. The molecule has 12 rings (SSSR count). The lowest BCUT2D eigenvalue weighted by molar-refractivity contribution is 1.07. The van der Waals surface area contributed by atoms with Gasteiger partial charge in [-0.2, -0.15) is 5.26 Å². The Kier molecular flexibility index (Phi) is 8.01. The van der Waals surface area contributed by atoms with Crippen LogP contribution < -0.4 is 0 Å². The molecule has 0 atom stereocenters. The molecule has 0 radical (unpaired) electrons. The van der Waals surface area contributed by atoms with E-state index in [1.807, 2.05) is 122 Å². The van der Waals surface area contributed by atoms with E-state index in [4.69, 9.17) is 29.9 Å². The first-order valence-corrected chi connectivity index (χ1v) is 20.3. The van der Waals surface area contributed by atoms with Gasteiger partial charge < -0.3 is 4.57 Å². The Labute approximate surface area is 354 Å². The Morgan fingerprint density at radius 2 is 0.968 bits per heavy atom. The zero-order valence-electron chi connectivity index (χ0n) is 32.9. The molecule has 0 aliphatic rings. The standard InChI is InChI=1S/C53H31N9/c54-31-33-13-11-20-39(29-33)61-44-23-9-7-21-40(44)42-25-26-43-41-22-8-10-24-45(41)62(48(43)47(42)61)53-46-38(27-28-55-53)32-56-49(57-46)36-18-12-19-37(30-36)52-59-50(34-14-3-1-4-15-34)58-51(60-52)35-16-5-2-6-17-35/h1-30,32H. The normalized spacial score (nSPS) is 11.5. The summed E-state index contributed by atoms with van der Waals surface area (Å²) >= 11 is 0. The Bertz CT molecular complexity index is 3710. The third-order valence-electron chi connectivity index (χ3n) is 11.5. The molecule has 0 N–H and O–H groups in total. The lowest BCUT2D eigenvalue weighted by Crippen LogP contribution is -2.03. The van der Waals surface area contributed by atoms with Crippen LogP contribution in [0.5, 0.6) is 0 Å². The van der Waals surface area contributed by atoms with Gasteiger partial charge in [0.25, 0.3) is 0 Å². The van der Waals surface area contributed by atoms with Crippen molar-refractivity contribution in [1.82, 2.24) is 39.0 Å². The summed E-state index contributed by atoms with van der Waals surface area (Å²) < 4.78 is 4.51. The molecule has 0 bridgehead atoms. The summed E-state index contributed by atoms with van der Waals surface area (Å²) in [6, 6.07) is 61.3. The molecule has 5 aromatic heterocycles. The largest absolute Gasteiger partial charge is 0.307 e. The summed E-state index contributed by atoms with van der Waals surface area (Å²) in [6.07, 6.45) is 3.69. The van der Waals surface area contributed by atoms with Crippen molar-refractivity contribution in [2.75, 3.05) is 0 Å². The predicted octanol–water partition coefficient (Wildman–Crippen LogP) is 11.9. The van der Waals surface area contributed by atoms with Crippen molar-refractivity contribution in [3.05, 3.63) is 194 Å². The third-order valence-corrected chi connectivity index (χ3v) is 11.5. The molecule has 0 saturated heterocycles. The fourth-order valence-corrected chi connectivity index (χ4v) is 8.68. The number of para-hydroxylation sites is 2. The molecular weight excluding hydrogens is 763 g/mol. The van der Waals surface area contributed by atoms with E-state index in [0.29, 0.717) is 40.2 Å². The summed E-state index contributed by atoms with van der Waals surface area (Å²) in [5.41, 5.74) is 9.67. The van der Waals surface area contributed by atoms with E-state index in [0.717, 1.165) is 76.9 Å². The van der Waals surface area contributed by atoms with Gasteiger partial charge in [-0.25, -0.2) is 29.9 Å². The van der Waals surface area contributed by atoms with E-state index in [1.165, 1.54) is 0 Å². The number of pyridine rings is 1. The van der Waals surface area contributed by atoms with Crippen LogP contribution in [0.3, 0.4) is 0 Å². The topological polar surface area (TPSA) is 111 Å². The summed E-state index contributed by atoms with van der Waals surface area (Å²) in [7, 11) is 0. The summed E-state index contributed by atoms with van der Waals surface area (Å²) in [5.74, 6) is 2.96. The van der Waals surface area contributed by atoms with Crippen LogP contribution in [-0.4, -0.2) is 39.0 Å². The monoisotopic (exact) mass is 793 g/mol. The Hall–Kier alpha value is -8.87. The molecule has 0 amide bonds. The molecule has 12 aromatic rings. The van der Waals surface area contributed by atoms with E-state index in [9.17, 15) is 5.26 Å². The average molecular weight is 794 g/mol. The number of hydrogen-bond acceptors (Lipinski definition) is 7. The van der Waals surface area contributed by atoms with Gasteiger partial charge in [-0.3, -0.25) is 4.57 Å². The second-order valence-electron chi connectivity index (χ2n) is 15.1. The minimum absolute atomic E-state index is 0.544. The lowest BCUT2D eigenvalue weighted by atomic mass is 10.1. The van der Waals surface area contributed by atoms with Gasteiger partial charge in [-0.05, 0) is 42.5 Å². The summed E-state index contributed by atoms with van der Waals surface area (Å²) in [4.78, 5) is 30.2. The van der Waals surface area contributed by atoms with Gasteiger partial charge in [0.1, 0.15) is 5.52 Å². The molecule has 0 aliphatic heterocycles. The Balaban J connectivity index is 1.08. The van der Waals surface area contributed by atoms with Gasteiger partial charge in [-0.15, -0.1) is 0 Å². The number of nitriles is 1. The smallest absolute Gasteiger partial charge is 0.164 e. The first-order valence-electron chi connectivity index (χ1n) is 20.3. The van der Waals surface area contributed by atoms with Crippen LogP contribution in [0.1, 0.15) is 5.56 Å². The van der Waals surface area contributed by atoms with Crippen molar-refractivity contribution in [1.29, 1.82) is 5.26 Å². The second-order valence-corrected chi connectivity index (χ2v) is 15.1. The molecule has 9 nitrogen and oxygen atoms in total. The molecule has 0 aliphatic carbocycles. The molecule has 9 heteroatoms. The molecule has 288 valence electrons. The van der Waals surface area contributed by atoms with Crippen molar-refractivity contribution >= 4 is 54.5 Å². The zero-order valence-corrected chi connectivity index (χ0v) is 32.9. The molecule has 0 saturated carbocycles. The lowest BCUT2D eigenvalue weighted by Gasteiger charge is -2.14. The van der Waals surface area contributed by atoms with Gasteiger partial charge in [0, 0.05) is 67.3 Å². The highest BCUT2D eigenvalue weighted by Crippen LogP contribution is 2.42. The number of benzene rings is 7. The van der Waals surface area contributed by atoms with Crippen LogP contribution in [0.25, 0.3) is 112 Å². The van der Waals surface area contributed by atoms with E-state index in [-0.39, 0.29) is 0 Å². The highest BCUT2D eigenvalue weighted by molar-refractivity contribution is 6.24. The maximum Gasteiger partial charge on any atom is 0.164 e. The van der Waals surface area contributed by atoms with E-state index in [1.54, 1.807) is 0 Å². The minimum atomic E-state index is 0.544. The first kappa shape index (κ1) is 35.1. The first-order chi connectivity index (χ1) is 30.7. The van der Waals surface area contributed by atoms with E-state index < -0.39 is 0 Å². The number of aromatic nitrogens is 8. The van der Waals surface area contributed by atoms with E-state index in [2.05, 4.69) is 81.9 Å². The summed E-state index contributed by atoms with van der Waals surface area (Å²) in [6.45, 7) is 0.